The molecule has 0 bridgehead atoms. The molecule has 2 aliphatic rings. The van der Waals surface area contributed by atoms with Gasteiger partial charge in [-0.25, -0.2) is 14.6 Å². The number of halogens is 3. The van der Waals surface area contributed by atoms with Crippen molar-refractivity contribution in [1.82, 2.24) is 14.8 Å². The highest BCUT2D eigenvalue weighted by Gasteiger charge is 2.33. The summed E-state index contributed by atoms with van der Waals surface area (Å²) >= 11 is 0. The number of amides is 1. The van der Waals surface area contributed by atoms with E-state index in [0.717, 1.165) is 58.1 Å². The van der Waals surface area contributed by atoms with E-state index in [9.17, 15) is 27.6 Å². The summed E-state index contributed by atoms with van der Waals surface area (Å²) in [4.78, 5) is 40.6. The maximum atomic E-state index is 12.8. The number of aromatic nitrogens is 1. The molecular weight excluding hydrogens is 457 g/mol. The predicted molar refractivity (Wildman–Crippen MR) is 117 cm³/mol. The van der Waals surface area contributed by atoms with E-state index in [4.69, 9.17) is 10.2 Å². The van der Waals surface area contributed by atoms with Crippen LogP contribution in [0.2, 0.25) is 0 Å². The number of carbonyl (C=O) groups is 3. The Balaban J connectivity index is 0.000000440. The summed E-state index contributed by atoms with van der Waals surface area (Å²) < 4.78 is 38.4. The lowest BCUT2D eigenvalue weighted by molar-refractivity contribution is -0.141. The fourth-order valence-electron chi connectivity index (χ4n) is 3.68. The van der Waals surface area contributed by atoms with E-state index in [1.165, 1.54) is 6.07 Å². The van der Waals surface area contributed by atoms with Crippen LogP contribution in [0.5, 0.6) is 0 Å². The smallest absolute Gasteiger partial charge is 0.433 e. The topological polar surface area (TPSA) is 114 Å². The number of nitrogens with zero attached hydrogens (tertiary/aromatic N) is 4. The van der Waals surface area contributed by atoms with E-state index in [2.05, 4.69) is 9.88 Å². The van der Waals surface area contributed by atoms with Gasteiger partial charge in [-0.3, -0.25) is 9.69 Å². The zero-order valence-electron chi connectivity index (χ0n) is 18.7. The van der Waals surface area contributed by atoms with Gasteiger partial charge in [0.25, 0.3) is 0 Å². The molecule has 2 saturated heterocycles. The second kappa shape index (κ2) is 12.9. The molecule has 34 heavy (non-hydrogen) atoms. The lowest BCUT2D eigenvalue weighted by Crippen LogP contribution is -2.47. The number of aliphatic carboxylic acids is 2. The van der Waals surface area contributed by atoms with Gasteiger partial charge in [-0.1, -0.05) is 6.07 Å². The number of carbonyl (C=O) groups excluding carboxylic acids is 1. The van der Waals surface area contributed by atoms with Crippen LogP contribution in [0, 0.1) is 0 Å². The lowest BCUT2D eigenvalue weighted by atomic mass is 10.2. The van der Waals surface area contributed by atoms with Crippen LogP contribution in [0.3, 0.4) is 0 Å². The molecular formula is C22H29F3N4O5. The molecule has 0 unspecified atom stereocenters. The molecule has 0 atom stereocenters. The molecule has 2 aliphatic heterocycles. The second-order valence-electron chi connectivity index (χ2n) is 7.91. The number of carboxylic acids is 2. The maximum absolute atomic E-state index is 12.8. The molecule has 9 nitrogen and oxygen atoms in total. The molecule has 3 heterocycles. The first-order valence-corrected chi connectivity index (χ1v) is 11.0. The average Bonchev–Trinajstić information content (AvgIpc) is 3.20. The number of unbranched alkanes of at least 4 members (excludes halogenated alkanes) is 1. The zero-order valence-corrected chi connectivity index (χ0v) is 18.7. The summed E-state index contributed by atoms with van der Waals surface area (Å²) in [7, 11) is 0. The lowest BCUT2D eigenvalue weighted by Gasteiger charge is -2.35. The molecule has 3 rings (SSSR count). The third-order valence-electron chi connectivity index (χ3n) is 5.41. The van der Waals surface area contributed by atoms with Gasteiger partial charge in [-0.15, -0.1) is 0 Å². The van der Waals surface area contributed by atoms with Crippen LogP contribution in [-0.2, 0) is 20.6 Å². The van der Waals surface area contributed by atoms with Crippen molar-refractivity contribution in [3.05, 3.63) is 36.0 Å². The largest absolute Gasteiger partial charge is 0.478 e. The van der Waals surface area contributed by atoms with E-state index < -0.39 is 23.8 Å². The standard InChI is InChI=1S/C18H25F3N4O.C4H4O4/c19-18(20,21)15-5-3-6-16(22-15)24-13-11-23(12-14-24)8-1-2-9-25-10-4-7-17(25)26;5-3(6)1-2-4(7)8/h3,5-6H,1-2,4,7-14H2;1-2H,(H,5,6)(H,7,8)/b;2-1+. The number of carboxylic acid groups (broad SMARTS) is 2. The van der Waals surface area contributed by atoms with Crippen LogP contribution < -0.4 is 4.90 Å². The van der Waals surface area contributed by atoms with Crippen molar-refractivity contribution in [1.29, 1.82) is 0 Å². The first-order chi connectivity index (χ1) is 16.1. The van der Waals surface area contributed by atoms with E-state index >= 15 is 0 Å². The molecule has 0 saturated carbocycles. The first-order valence-electron chi connectivity index (χ1n) is 11.0. The molecule has 1 aromatic rings. The Kier molecular flexibility index (Phi) is 10.3. The molecule has 0 aromatic carbocycles. The quantitative estimate of drug-likeness (QED) is 0.425. The summed E-state index contributed by atoms with van der Waals surface area (Å²) in [6, 6.07) is 4.06. The first kappa shape index (κ1) is 27.1. The minimum absolute atomic E-state index is 0.271. The summed E-state index contributed by atoms with van der Waals surface area (Å²) in [5.41, 5.74) is -0.839. The van der Waals surface area contributed by atoms with Crippen molar-refractivity contribution < 1.29 is 37.8 Å². The van der Waals surface area contributed by atoms with Gasteiger partial charge in [0.1, 0.15) is 11.5 Å². The Morgan fingerprint density at radius 2 is 1.59 bits per heavy atom. The number of piperazine rings is 1. The molecule has 2 fully saturated rings. The van der Waals surface area contributed by atoms with Gasteiger partial charge >= 0.3 is 18.1 Å². The van der Waals surface area contributed by atoms with Crippen LogP contribution in [-0.4, -0.2) is 88.7 Å². The number of hydrogen-bond donors (Lipinski definition) is 2. The van der Waals surface area contributed by atoms with Crippen molar-refractivity contribution >= 4 is 23.7 Å². The predicted octanol–water partition coefficient (Wildman–Crippen LogP) is 2.34. The molecule has 1 amide bonds. The summed E-state index contributed by atoms with van der Waals surface area (Å²) in [5, 5.41) is 15.6. The Labute approximate surface area is 195 Å². The van der Waals surface area contributed by atoms with Gasteiger partial charge in [-0.2, -0.15) is 13.2 Å². The average molecular weight is 486 g/mol. The second-order valence-corrected chi connectivity index (χ2v) is 7.91. The van der Waals surface area contributed by atoms with Gasteiger partial charge in [0, 0.05) is 57.8 Å². The number of rotatable bonds is 8. The number of alkyl halides is 3. The molecule has 2 N–H and O–H groups in total. The molecule has 1 aromatic heterocycles. The zero-order chi connectivity index (χ0) is 25.1. The molecule has 0 aliphatic carbocycles. The van der Waals surface area contributed by atoms with Crippen molar-refractivity contribution in [3.63, 3.8) is 0 Å². The summed E-state index contributed by atoms with van der Waals surface area (Å²) in [5.74, 6) is -1.85. The molecule has 0 spiro atoms. The number of anilines is 1. The SMILES string of the molecule is O=C(O)/C=C/C(=O)O.O=C1CCCN1CCCCN1CCN(c2cccc(C(F)(F)F)n2)CC1. The van der Waals surface area contributed by atoms with Crippen LogP contribution >= 0.6 is 0 Å². The molecule has 12 heteroatoms. The minimum atomic E-state index is -4.41. The highest BCUT2D eigenvalue weighted by molar-refractivity contribution is 5.89. The highest BCUT2D eigenvalue weighted by atomic mass is 19.4. The van der Waals surface area contributed by atoms with Crippen molar-refractivity contribution in [3.8, 4) is 0 Å². The van der Waals surface area contributed by atoms with E-state index in [1.807, 2.05) is 9.80 Å². The van der Waals surface area contributed by atoms with Crippen molar-refractivity contribution in [2.24, 2.45) is 0 Å². The number of likely N-dealkylation sites (tertiary alicyclic amines) is 1. The van der Waals surface area contributed by atoms with Crippen molar-refractivity contribution in [2.75, 3.05) is 50.7 Å². The third kappa shape index (κ3) is 9.38. The van der Waals surface area contributed by atoms with Gasteiger partial charge in [-0.05, 0) is 37.9 Å². The van der Waals surface area contributed by atoms with Gasteiger partial charge < -0.3 is 20.0 Å². The van der Waals surface area contributed by atoms with Crippen LogP contribution in [0.1, 0.15) is 31.4 Å². The van der Waals surface area contributed by atoms with Gasteiger partial charge in [0.15, 0.2) is 0 Å². The monoisotopic (exact) mass is 486 g/mol. The Bertz CT molecular complexity index is 854. The third-order valence-corrected chi connectivity index (χ3v) is 5.41. The molecule has 188 valence electrons. The Hall–Kier alpha value is -3.15. The molecule has 0 radical (unpaired) electrons. The van der Waals surface area contributed by atoms with Crippen LogP contribution in [0.25, 0.3) is 0 Å². The number of pyridine rings is 1. The van der Waals surface area contributed by atoms with E-state index in [0.29, 0.717) is 37.5 Å². The van der Waals surface area contributed by atoms with Crippen LogP contribution in [0.4, 0.5) is 19.0 Å². The summed E-state index contributed by atoms with van der Waals surface area (Å²) in [6.07, 6.45) is 0.405. The van der Waals surface area contributed by atoms with Gasteiger partial charge in [0.05, 0.1) is 0 Å². The maximum Gasteiger partial charge on any atom is 0.433 e. The summed E-state index contributed by atoms with van der Waals surface area (Å²) in [6.45, 7) is 5.69. The number of hydrogen-bond acceptors (Lipinski definition) is 6. The minimum Gasteiger partial charge on any atom is -0.478 e. The fourth-order valence-corrected chi connectivity index (χ4v) is 3.68. The van der Waals surface area contributed by atoms with Crippen LogP contribution in [0.15, 0.2) is 30.4 Å². The highest BCUT2D eigenvalue weighted by Crippen LogP contribution is 2.29. The Morgan fingerprint density at radius 3 is 2.12 bits per heavy atom. The van der Waals surface area contributed by atoms with Gasteiger partial charge in [0.2, 0.25) is 5.91 Å². The fraction of sp³-hybridized carbons (Fsp3) is 0.545. The normalized spacial score (nSPS) is 17.1. The van der Waals surface area contributed by atoms with E-state index in [1.54, 1.807) is 6.07 Å². The van der Waals surface area contributed by atoms with E-state index in [-0.39, 0.29) is 5.91 Å². The Morgan fingerprint density at radius 1 is 0.971 bits per heavy atom. The van der Waals surface area contributed by atoms with Crippen molar-refractivity contribution in [2.45, 2.75) is 31.9 Å².